The molecule has 1 aliphatic rings. The first-order valence-electron chi connectivity index (χ1n) is 6.95. The van der Waals surface area contributed by atoms with Gasteiger partial charge in [0.25, 0.3) is 5.91 Å². The van der Waals surface area contributed by atoms with Crippen molar-refractivity contribution in [1.29, 1.82) is 0 Å². The number of hydrogen-bond donors (Lipinski definition) is 2. The number of nitrogens with one attached hydrogen (secondary N) is 1. The van der Waals surface area contributed by atoms with Crippen molar-refractivity contribution >= 4 is 23.6 Å². The van der Waals surface area contributed by atoms with Crippen molar-refractivity contribution in [3.63, 3.8) is 0 Å². The molecular weight excluding hydrogens is 288 g/mol. The molecule has 7 nitrogen and oxygen atoms in total. The van der Waals surface area contributed by atoms with Gasteiger partial charge in [-0.25, -0.2) is 4.79 Å². The molecular formula is C15H16N2O5. The number of urea groups is 1. The highest BCUT2D eigenvalue weighted by Crippen LogP contribution is 2.19. The Bertz CT molecular complexity index is 623. The highest BCUT2D eigenvalue weighted by Gasteiger charge is 2.44. The average molecular weight is 304 g/mol. The van der Waals surface area contributed by atoms with Gasteiger partial charge in [0.05, 0.1) is 0 Å². The number of barbiturate groups is 1. The van der Waals surface area contributed by atoms with Crippen molar-refractivity contribution in [1.82, 2.24) is 10.2 Å². The monoisotopic (exact) mass is 304 g/mol. The summed E-state index contributed by atoms with van der Waals surface area (Å²) in [5, 5.41) is 11.3. The zero-order valence-corrected chi connectivity index (χ0v) is 12.0. The number of benzene rings is 1. The number of aromatic hydroxyl groups is 1. The average Bonchev–Trinajstić information content (AvgIpc) is 2.47. The maximum atomic E-state index is 12.4. The number of ketones is 1. The minimum Gasteiger partial charge on any atom is -0.508 e. The van der Waals surface area contributed by atoms with Gasteiger partial charge < -0.3 is 5.11 Å². The van der Waals surface area contributed by atoms with Gasteiger partial charge in [-0.15, -0.1) is 0 Å². The Morgan fingerprint density at radius 3 is 2.45 bits per heavy atom. The van der Waals surface area contributed by atoms with Crippen LogP contribution in [0.2, 0.25) is 0 Å². The third-order valence-corrected chi connectivity index (χ3v) is 3.40. The predicted molar refractivity (Wildman–Crippen MR) is 76.1 cm³/mol. The second-order valence-electron chi connectivity index (χ2n) is 4.98. The molecule has 2 N–H and O–H groups in total. The van der Waals surface area contributed by atoms with E-state index in [2.05, 4.69) is 0 Å². The fourth-order valence-electron chi connectivity index (χ4n) is 2.16. The number of carbonyl (C=O) groups excluding carboxylic acids is 4. The number of carbonyl (C=O) groups is 4. The Morgan fingerprint density at radius 2 is 1.86 bits per heavy atom. The summed E-state index contributed by atoms with van der Waals surface area (Å²) in [5.74, 6) is -4.02. The van der Waals surface area contributed by atoms with E-state index >= 15 is 0 Å². The summed E-state index contributed by atoms with van der Waals surface area (Å²) in [6, 6.07) is 4.44. The van der Waals surface area contributed by atoms with E-state index in [1.807, 2.05) is 12.2 Å². The van der Waals surface area contributed by atoms with Crippen LogP contribution in [0, 0.1) is 5.92 Å². The van der Waals surface area contributed by atoms with Crippen molar-refractivity contribution in [2.75, 3.05) is 6.54 Å². The summed E-state index contributed by atoms with van der Waals surface area (Å²) >= 11 is 0. The van der Waals surface area contributed by atoms with E-state index in [1.54, 1.807) is 0 Å². The van der Waals surface area contributed by atoms with Crippen molar-refractivity contribution in [3.8, 4) is 5.75 Å². The van der Waals surface area contributed by atoms with Crippen LogP contribution in [0.4, 0.5) is 4.79 Å². The molecule has 0 aromatic heterocycles. The van der Waals surface area contributed by atoms with Crippen molar-refractivity contribution < 1.29 is 24.3 Å². The van der Waals surface area contributed by atoms with Gasteiger partial charge in [-0.1, -0.05) is 13.3 Å². The van der Waals surface area contributed by atoms with E-state index in [0.717, 1.165) is 11.3 Å². The third kappa shape index (κ3) is 2.98. The Hall–Kier alpha value is -2.70. The second kappa shape index (κ2) is 6.38. The lowest BCUT2D eigenvalue weighted by atomic mass is 9.94. The number of amides is 4. The van der Waals surface area contributed by atoms with Gasteiger partial charge in [-0.2, -0.15) is 0 Å². The number of phenolic OH excluding ortho intramolecular Hbond substituents is 1. The number of hydrogen-bond acceptors (Lipinski definition) is 5. The van der Waals surface area contributed by atoms with Crippen LogP contribution >= 0.6 is 0 Å². The molecule has 1 aromatic rings. The van der Waals surface area contributed by atoms with Crippen molar-refractivity contribution in [2.45, 2.75) is 19.8 Å². The minimum atomic E-state index is -1.57. The third-order valence-electron chi connectivity index (χ3n) is 3.40. The van der Waals surface area contributed by atoms with Crippen LogP contribution in [0.1, 0.15) is 30.1 Å². The van der Waals surface area contributed by atoms with Gasteiger partial charge in [0.2, 0.25) is 5.91 Å². The van der Waals surface area contributed by atoms with Crippen LogP contribution in [0.5, 0.6) is 5.75 Å². The lowest BCUT2D eigenvalue weighted by Gasteiger charge is -2.29. The summed E-state index contributed by atoms with van der Waals surface area (Å²) in [6.07, 6.45) is 1.36. The highest BCUT2D eigenvalue weighted by atomic mass is 16.3. The standard InChI is InChI=1S/C15H16N2O5/c1-2-3-8-17-14(21)11(13(20)16-15(17)22)12(19)9-4-6-10(18)7-5-9/h4-7,11,18H,2-3,8H2,1H3,(H,16,20,22). The summed E-state index contributed by atoms with van der Waals surface area (Å²) in [7, 11) is 0. The first kappa shape index (κ1) is 15.7. The SMILES string of the molecule is CCCCN1C(=O)NC(=O)C(C(=O)c2ccc(O)cc2)C1=O. The zero-order valence-electron chi connectivity index (χ0n) is 12.0. The molecule has 4 amide bonds. The molecule has 1 atom stereocenters. The zero-order chi connectivity index (χ0) is 16.3. The lowest BCUT2D eigenvalue weighted by molar-refractivity contribution is -0.140. The van der Waals surface area contributed by atoms with Crippen molar-refractivity contribution in [3.05, 3.63) is 29.8 Å². The van der Waals surface area contributed by atoms with Gasteiger partial charge in [0.15, 0.2) is 11.7 Å². The molecule has 1 heterocycles. The van der Waals surface area contributed by atoms with Crippen LogP contribution in [-0.2, 0) is 9.59 Å². The quantitative estimate of drug-likeness (QED) is 0.625. The Morgan fingerprint density at radius 1 is 1.23 bits per heavy atom. The molecule has 1 unspecified atom stereocenters. The molecule has 0 aliphatic carbocycles. The van der Waals surface area contributed by atoms with Gasteiger partial charge in [0, 0.05) is 12.1 Å². The number of rotatable bonds is 5. The minimum absolute atomic E-state index is 0.0317. The van der Waals surface area contributed by atoms with Crippen molar-refractivity contribution in [2.24, 2.45) is 5.92 Å². The summed E-state index contributed by atoms with van der Waals surface area (Å²) in [5.41, 5.74) is 0.121. The molecule has 2 rings (SSSR count). The molecule has 116 valence electrons. The molecule has 7 heteroatoms. The fraction of sp³-hybridized carbons (Fsp3) is 0.333. The number of unbranched alkanes of at least 4 members (excludes halogenated alkanes) is 1. The molecule has 22 heavy (non-hydrogen) atoms. The smallest absolute Gasteiger partial charge is 0.330 e. The summed E-state index contributed by atoms with van der Waals surface area (Å²) < 4.78 is 0. The van der Waals surface area contributed by atoms with E-state index in [0.29, 0.717) is 6.42 Å². The summed E-state index contributed by atoms with van der Waals surface area (Å²) in [6.45, 7) is 2.06. The Kier molecular flexibility index (Phi) is 4.55. The normalized spacial score (nSPS) is 18.3. The molecule has 1 fully saturated rings. The number of phenols is 1. The van der Waals surface area contributed by atoms with Crippen LogP contribution in [0.25, 0.3) is 0 Å². The first-order valence-corrected chi connectivity index (χ1v) is 6.95. The van der Waals surface area contributed by atoms with Crippen LogP contribution in [0.3, 0.4) is 0 Å². The van der Waals surface area contributed by atoms with E-state index in [4.69, 9.17) is 0 Å². The van der Waals surface area contributed by atoms with E-state index in [1.165, 1.54) is 24.3 Å². The van der Waals surface area contributed by atoms with Gasteiger partial charge >= 0.3 is 6.03 Å². The number of Topliss-reactive ketones (excluding diaryl/α,β-unsaturated/α-hetero) is 1. The Labute approximate surface area is 126 Å². The second-order valence-corrected chi connectivity index (χ2v) is 4.98. The molecule has 0 spiro atoms. The number of imide groups is 2. The maximum absolute atomic E-state index is 12.4. The van der Waals surface area contributed by atoms with Gasteiger partial charge in [-0.05, 0) is 30.7 Å². The fourth-order valence-corrected chi connectivity index (χ4v) is 2.16. The van der Waals surface area contributed by atoms with E-state index in [-0.39, 0.29) is 17.9 Å². The molecule has 1 aliphatic heterocycles. The molecule has 0 bridgehead atoms. The lowest BCUT2D eigenvalue weighted by Crippen LogP contribution is -2.60. The molecule has 1 saturated heterocycles. The number of nitrogens with zero attached hydrogens (tertiary/aromatic N) is 1. The molecule has 1 aromatic carbocycles. The first-order chi connectivity index (χ1) is 10.5. The molecule has 0 saturated carbocycles. The summed E-state index contributed by atoms with van der Waals surface area (Å²) in [4.78, 5) is 49.1. The Balaban J connectivity index is 2.26. The van der Waals surface area contributed by atoms with Gasteiger partial charge in [0.1, 0.15) is 5.75 Å². The van der Waals surface area contributed by atoms with Gasteiger partial charge in [-0.3, -0.25) is 24.6 Å². The van der Waals surface area contributed by atoms with E-state index in [9.17, 15) is 24.3 Å². The highest BCUT2D eigenvalue weighted by molar-refractivity contribution is 6.29. The maximum Gasteiger partial charge on any atom is 0.330 e. The predicted octanol–water partition coefficient (Wildman–Crippen LogP) is 1.07. The topological polar surface area (TPSA) is 104 Å². The largest absolute Gasteiger partial charge is 0.508 e. The van der Waals surface area contributed by atoms with Crippen LogP contribution in [0.15, 0.2) is 24.3 Å². The van der Waals surface area contributed by atoms with E-state index < -0.39 is 29.5 Å². The molecule has 0 radical (unpaired) electrons. The van der Waals surface area contributed by atoms with Crippen LogP contribution in [-0.4, -0.2) is 40.2 Å². The van der Waals surface area contributed by atoms with Crippen LogP contribution < -0.4 is 5.32 Å².